The molecule has 0 radical (unpaired) electrons. The first-order valence-electron chi connectivity index (χ1n) is 8.50. The number of rotatable bonds is 5. The highest BCUT2D eigenvalue weighted by atomic mass is 32.2. The summed E-state index contributed by atoms with van der Waals surface area (Å²) < 4.78 is 15.2. The molecule has 8 heteroatoms. The van der Waals surface area contributed by atoms with E-state index in [1.807, 2.05) is 0 Å². The second-order valence-electron chi connectivity index (χ2n) is 6.20. The molecule has 2 heterocycles. The van der Waals surface area contributed by atoms with Crippen molar-refractivity contribution in [3.8, 4) is 5.69 Å². The smallest absolute Gasteiger partial charge is 0.230 e. The predicted molar refractivity (Wildman–Crippen MR) is 97.7 cm³/mol. The van der Waals surface area contributed by atoms with E-state index in [9.17, 15) is 14.0 Å². The van der Waals surface area contributed by atoms with Crippen LogP contribution in [0.4, 0.5) is 4.39 Å². The number of benzene rings is 1. The molecular formula is C18H21FN4O2S. The van der Waals surface area contributed by atoms with Gasteiger partial charge < -0.3 is 10.2 Å². The number of hydrogen-bond donors (Lipinski definition) is 1. The van der Waals surface area contributed by atoms with Crippen molar-refractivity contribution < 1.29 is 14.0 Å². The van der Waals surface area contributed by atoms with Gasteiger partial charge in [0, 0.05) is 38.4 Å². The third-order valence-corrected chi connectivity index (χ3v) is 5.30. The normalized spacial score (nSPS) is 15.1. The zero-order valence-corrected chi connectivity index (χ0v) is 15.3. The Hall–Kier alpha value is -2.35. The SMILES string of the molecule is CC(=O)N1CCC(NC(=O)CSc2nccn2-c2cccc(F)c2)CC1. The number of nitrogens with zero attached hydrogens (tertiary/aromatic N) is 3. The summed E-state index contributed by atoms with van der Waals surface area (Å²) in [6.07, 6.45) is 4.91. The Labute approximate surface area is 155 Å². The van der Waals surface area contributed by atoms with Crippen LogP contribution in [0, 0.1) is 5.82 Å². The quantitative estimate of drug-likeness (QED) is 0.813. The monoisotopic (exact) mass is 376 g/mol. The molecular weight excluding hydrogens is 355 g/mol. The lowest BCUT2D eigenvalue weighted by Crippen LogP contribution is -2.46. The van der Waals surface area contributed by atoms with Gasteiger partial charge in [0.25, 0.3) is 0 Å². The molecule has 1 fully saturated rings. The lowest BCUT2D eigenvalue weighted by Gasteiger charge is -2.31. The summed E-state index contributed by atoms with van der Waals surface area (Å²) in [6.45, 7) is 2.92. The Bertz CT molecular complexity index is 787. The van der Waals surface area contributed by atoms with Crippen molar-refractivity contribution in [2.24, 2.45) is 0 Å². The minimum atomic E-state index is -0.318. The number of thioether (sulfide) groups is 1. The molecule has 138 valence electrons. The minimum Gasteiger partial charge on any atom is -0.353 e. The molecule has 0 bridgehead atoms. The predicted octanol–water partition coefficient (Wildman–Crippen LogP) is 2.23. The standard InChI is InChI=1S/C18H21FN4O2S/c1-13(24)22-8-5-15(6-9-22)21-17(25)12-26-18-20-7-10-23(18)16-4-2-3-14(19)11-16/h2-4,7,10-11,15H,5-6,8-9,12H2,1H3,(H,21,25). The summed E-state index contributed by atoms with van der Waals surface area (Å²) in [5, 5.41) is 3.65. The number of aromatic nitrogens is 2. The molecule has 1 N–H and O–H groups in total. The summed E-state index contributed by atoms with van der Waals surface area (Å²) in [4.78, 5) is 29.6. The Morgan fingerprint density at radius 1 is 1.35 bits per heavy atom. The topological polar surface area (TPSA) is 67.2 Å². The molecule has 0 spiro atoms. The lowest BCUT2D eigenvalue weighted by atomic mass is 10.1. The van der Waals surface area contributed by atoms with Gasteiger partial charge in [-0.25, -0.2) is 9.37 Å². The maximum atomic E-state index is 13.4. The van der Waals surface area contributed by atoms with Gasteiger partial charge in [-0.05, 0) is 31.0 Å². The van der Waals surface area contributed by atoms with E-state index in [-0.39, 0.29) is 29.4 Å². The second-order valence-corrected chi connectivity index (χ2v) is 7.14. The van der Waals surface area contributed by atoms with Crippen molar-refractivity contribution in [1.82, 2.24) is 19.8 Å². The molecule has 1 aromatic carbocycles. The minimum absolute atomic E-state index is 0.0648. The van der Waals surface area contributed by atoms with Gasteiger partial charge in [0.2, 0.25) is 11.8 Å². The van der Waals surface area contributed by atoms with Crippen molar-refractivity contribution in [2.45, 2.75) is 31.0 Å². The maximum absolute atomic E-state index is 13.4. The molecule has 0 atom stereocenters. The largest absolute Gasteiger partial charge is 0.353 e. The first-order valence-corrected chi connectivity index (χ1v) is 9.48. The van der Waals surface area contributed by atoms with Crippen LogP contribution >= 0.6 is 11.8 Å². The summed E-state index contributed by atoms with van der Waals surface area (Å²) in [7, 11) is 0. The van der Waals surface area contributed by atoms with Crippen LogP contribution in [-0.4, -0.2) is 51.1 Å². The fourth-order valence-corrected chi connectivity index (χ4v) is 3.74. The number of hydrogen-bond acceptors (Lipinski definition) is 4. The average Bonchev–Trinajstić information content (AvgIpc) is 3.09. The van der Waals surface area contributed by atoms with Crippen LogP contribution in [-0.2, 0) is 9.59 Å². The molecule has 0 unspecified atom stereocenters. The third-order valence-electron chi connectivity index (χ3n) is 4.33. The zero-order valence-electron chi connectivity index (χ0n) is 14.5. The number of piperidine rings is 1. The molecule has 2 amide bonds. The molecule has 1 aliphatic heterocycles. The molecule has 26 heavy (non-hydrogen) atoms. The van der Waals surface area contributed by atoms with E-state index in [0.717, 1.165) is 12.8 Å². The Kier molecular flexibility index (Phi) is 5.92. The van der Waals surface area contributed by atoms with Gasteiger partial charge in [-0.1, -0.05) is 17.8 Å². The molecule has 0 saturated carbocycles. The van der Waals surface area contributed by atoms with Crippen molar-refractivity contribution in [1.29, 1.82) is 0 Å². The summed E-state index contributed by atoms with van der Waals surface area (Å²) in [5.41, 5.74) is 0.669. The number of likely N-dealkylation sites (tertiary alicyclic amines) is 1. The van der Waals surface area contributed by atoms with Gasteiger partial charge in [-0.3, -0.25) is 14.2 Å². The van der Waals surface area contributed by atoms with Crippen LogP contribution in [0.2, 0.25) is 0 Å². The number of nitrogens with one attached hydrogen (secondary N) is 1. The van der Waals surface area contributed by atoms with Crippen LogP contribution in [0.3, 0.4) is 0 Å². The summed E-state index contributed by atoms with van der Waals surface area (Å²) in [5.74, 6) is -0.0689. The average molecular weight is 376 g/mol. The van der Waals surface area contributed by atoms with Crippen molar-refractivity contribution in [2.75, 3.05) is 18.8 Å². The third kappa shape index (κ3) is 4.63. The highest BCUT2D eigenvalue weighted by Crippen LogP contribution is 2.21. The highest BCUT2D eigenvalue weighted by Gasteiger charge is 2.22. The van der Waals surface area contributed by atoms with Crippen LogP contribution in [0.15, 0.2) is 41.8 Å². The van der Waals surface area contributed by atoms with E-state index in [1.54, 1.807) is 40.9 Å². The molecule has 1 aliphatic rings. The van der Waals surface area contributed by atoms with Crippen molar-refractivity contribution in [3.05, 3.63) is 42.5 Å². The van der Waals surface area contributed by atoms with Gasteiger partial charge >= 0.3 is 0 Å². The number of amides is 2. The molecule has 6 nitrogen and oxygen atoms in total. The first kappa shape index (κ1) is 18.4. The Morgan fingerprint density at radius 2 is 2.12 bits per heavy atom. The number of carbonyl (C=O) groups is 2. The lowest BCUT2D eigenvalue weighted by molar-refractivity contribution is -0.130. The van der Waals surface area contributed by atoms with Gasteiger partial charge in [0.15, 0.2) is 5.16 Å². The maximum Gasteiger partial charge on any atom is 0.230 e. The van der Waals surface area contributed by atoms with Gasteiger partial charge in [0.1, 0.15) is 5.82 Å². The van der Waals surface area contributed by atoms with E-state index in [1.165, 1.54) is 23.9 Å². The number of carbonyl (C=O) groups excluding carboxylic acids is 2. The summed E-state index contributed by atoms with van der Waals surface area (Å²) in [6, 6.07) is 6.34. The van der Waals surface area contributed by atoms with Crippen LogP contribution < -0.4 is 5.32 Å². The van der Waals surface area contributed by atoms with Gasteiger partial charge in [0.05, 0.1) is 11.4 Å². The Morgan fingerprint density at radius 3 is 2.81 bits per heavy atom. The number of halogens is 1. The van der Waals surface area contributed by atoms with Crippen LogP contribution in [0.25, 0.3) is 5.69 Å². The van der Waals surface area contributed by atoms with Crippen molar-refractivity contribution >= 4 is 23.6 Å². The van der Waals surface area contributed by atoms with E-state index in [4.69, 9.17) is 0 Å². The van der Waals surface area contributed by atoms with Crippen molar-refractivity contribution in [3.63, 3.8) is 0 Å². The zero-order chi connectivity index (χ0) is 18.5. The highest BCUT2D eigenvalue weighted by molar-refractivity contribution is 7.99. The Balaban J connectivity index is 1.52. The summed E-state index contributed by atoms with van der Waals surface area (Å²) >= 11 is 1.31. The van der Waals surface area contributed by atoms with E-state index >= 15 is 0 Å². The van der Waals surface area contributed by atoms with E-state index < -0.39 is 0 Å². The molecule has 2 aromatic rings. The number of imidazole rings is 1. The fraction of sp³-hybridized carbons (Fsp3) is 0.389. The van der Waals surface area contributed by atoms with E-state index in [2.05, 4.69) is 10.3 Å². The van der Waals surface area contributed by atoms with Gasteiger partial charge in [-0.15, -0.1) is 0 Å². The van der Waals surface area contributed by atoms with E-state index in [0.29, 0.717) is 23.9 Å². The molecule has 1 aromatic heterocycles. The second kappa shape index (κ2) is 8.35. The molecule has 3 rings (SSSR count). The first-order chi connectivity index (χ1) is 12.5. The molecule has 1 saturated heterocycles. The fourth-order valence-electron chi connectivity index (χ4n) is 2.96. The van der Waals surface area contributed by atoms with Crippen LogP contribution in [0.5, 0.6) is 0 Å². The van der Waals surface area contributed by atoms with Gasteiger partial charge in [-0.2, -0.15) is 0 Å². The van der Waals surface area contributed by atoms with Crippen LogP contribution in [0.1, 0.15) is 19.8 Å². The molecule has 0 aliphatic carbocycles.